The molecule has 0 saturated carbocycles. The van der Waals surface area contributed by atoms with Crippen LogP contribution >= 0.6 is 0 Å². The molecule has 1 unspecified atom stereocenters. The van der Waals surface area contributed by atoms with Crippen LogP contribution in [0, 0.1) is 0 Å². The first-order valence-electron chi connectivity index (χ1n) is 14.4. The van der Waals surface area contributed by atoms with Gasteiger partial charge in [0.2, 0.25) is 11.8 Å². The topological polar surface area (TPSA) is 180 Å². The van der Waals surface area contributed by atoms with E-state index in [9.17, 15) is 29.1 Å². The van der Waals surface area contributed by atoms with Crippen LogP contribution in [0.1, 0.15) is 39.9 Å². The third-order valence-electron chi connectivity index (χ3n) is 6.81. The van der Waals surface area contributed by atoms with Crippen molar-refractivity contribution < 1.29 is 43.7 Å². The Bertz CT molecular complexity index is 1450. The van der Waals surface area contributed by atoms with Gasteiger partial charge in [0, 0.05) is 19.4 Å². The van der Waals surface area contributed by atoms with E-state index in [4.69, 9.17) is 14.6 Å². The van der Waals surface area contributed by atoms with Gasteiger partial charge in [-0.2, -0.15) is 0 Å². The van der Waals surface area contributed by atoms with E-state index in [-0.39, 0.29) is 24.2 Å². The fraction of sp³-hybridized carbons (Fsp3) is 0.303. The summed E-state index contributed by atoms with van der Waals surface area (Å²) in [5.74, 6) is -3.92. The highest BCUT2D eigenvalue weighted by atomic mass is 16.5. The van der Waals surface area contributed by atoms with Crippen molar-refractivity contribution in [2.24, 2.45) is 0 Å². The van der Waals surface area contributed by atoms with E-state index in [1.807, 2.05) is 36.4 Å². The molecule has 0 aliphatic carbocycles. The fourth-order valence-electron chi connectivity index (χ4n) is 4.55. The molecule has 45 heavy (non-hydrogen) atoms. The summed E-state index contributed by atoms with van der Waals surface area (Å²) in [5.41, 5.74) is 2.02. The molecule has 0 aliphatic rings. The molecule has 2 atom stereocenters. The molecule has 0 saturated heterocycles. The number of rotatable bonds is 17. The summed E-state index contributed by atoms with van der Waals surface area (Å²) >= 11 is 0. The Kier molecular flexibility index (Phi) is 13.4. The number of aliphatic carboxylic acids is 1. The monoisotopic (exact) mass is 619 g/mol. The lowest BCUT2D eigenvalue weighted by Crippen LogP contribution is -2.55. The molecular weight excluding hydrogens is 582 g/mol. The lowest BCUT2D eigenvalue weighted by atomic mass is 10.0. The Labute approximate surface area is 260 Å². The van der Waals surface area contributed by atoms with Gasteiger partial charge in [0.05, 0.1) is 7.11 Å². The van der Waals surface area contributed by atoms with Crippen molar-refractivity contribution in [2.45, 2.75) is 44.2 Å². The van der Waals surface area contributed by atoms with Gasteiger partial charge in [-0.05, 0) is 48.1 Å². The maximum Gasteiger partial charge on any atom is 0.407 e. The number of amides is 3. The number of carbonyl (C=O) groups is 5. The highest BCUT2D eigenvalue weighted by Gasteiger charge is 2.28. The molecule has 3 aromatic rings. The van der Waals surface area contributed by atoms with Crippen molar-refractivity contribution in [1.82, 2.24) is 16.0 Å². The smallest absolute Gasteiger partial charge is 0.407 e. The van der Waals surface area contributed by atoms with Crippen LogP contribution in [0.5, 0.6) is 5.75 Å². The Morgan fingerprint density at radius 2 is 1.36 bits per heavy atom. The summed E-state index contributed by atoms with van der Waals surface area (Å²) < 4.78 is 9.79. The van der Waals surface area contributed by atoms with Gasteiger partial charge >= 0.3 is 18.0 Å². The van der Waals surface area contributed by atoms with Crippen LogP contribution in [0.4, 0.5) is 4.79 Å². The highest BCUT2D eigenvalue weighted by molar-refractivity contribution is 5.93. The van der Waals surface area contributed by atoms with Gasteiger partial charge in [-0.25, -0.2) is 14.4 Å². The summed E-state index contributed by atoms with van der Waals surface area (Å²) in [4.78, 5) is 61.7. The molecule has 3 rings (SSSR count). The molecule has 3 aromatic carbocycles. The van der Waals surface area contributed by atoms with Crippen molar-refractivity contribution in [3.63, 3.8) is 0 Å². The second-order valence-corrected chi connectivity index (χ2v) is 10.2. The van der Waals surface area contributed by atoms with Crippen molar-refractivity contribution in [3.8, 4) is 5.75 Å². The summed E-state index contributed by atoms with van der Waals surface area (Å²) in [6.07, 6.45) is 1.54. The molecule has 0 bridgehead atoms. The molecule has 0 aromatic heterocycles. The molecule has 0 spiro atoms. The van der Waals surface area contributed by atoms with E-state index in [1.165, 1.54) is 30.9 Å². The number of alkyl carbamates (subject to hydrolysis) is 1. The van der Waals surface area contributed by atoms with Crippen LogP contribution in [-0.4, -0.2) is 72.4 Å². The van der Waals surface area contributed by atoms with E-state index in [2.05, 4.69) is 16.0 Å². The van der Waals surface area contributed by atoms with Crippen LogP contribution in [-0.2, 0) is 38.4 Å². The molecule has 0 heterocycles. The van der Waals surface area contributed by atoms with Gasteiger partial charge in [-0.15, -0.1) is 0 Å². The largest absolute Gasteiger partial charge is 0.481 e. The zero-order valence-corrected chi connectivity index (χ0v) is 24.9. The summed E-state index contributed by atoms with van der Waals surface area (Å²) in [7, 11) is 1.17. The van der Waals surface area contributed by atoms with Gasteiger partial charge in [0.15, 0.2) is 6.61 Å². The lowest BCUT2D eigenvalue weighted by molar-refractivity contribution is -0.139. The summed E-state index contributed by atoms with van der Waals surface area (Å²) in [6, 6.07) is 20.7. The lowest BCUT2D eigenvalue weighted by Gasteiger charge is -2.23. The molecule has 3 amide bonds. The standard InChI is InChI=1S/C33H37N3O9/c1-44-33(43)36-27(19-23-13-6-3-7-14-23)31(40)35-26(30(39)34-17-9-8-12-22-10-4-2-5-11-22)20-24-15-16-28(45-21-29(37)38)25(18-24)32(41)42/h2-7,10-11,13-16,18,26-27H,8-9,12,17,19-21H2,1H3,(H,34,39)(H,35,40)(H,36,43)(H,37,38)(H,41,42)/t26-,27?/m0/s1. The Morgan fingerprint density at radius 1 is 0.733 bits per heavy atom. The SMILES string of the molecule is COC(=O)NC(Cc1ccccc1)C(=O)N[C@@H](Cc1ccc(OCC(=O)O)c(C(=O)O)c1)C(=O)NCCCCc1ccccc1. The molecule has 12 nitrogen and oxygen atoms in total. The van der Waals surface area contributed by atoms with Crippen LogP contribution in [0.2, 0.25) is 0 Å². The highest BCUT2D eigenvalue weighted by Crippen LogP contribution is 2.21. The second-order valence-electron chi connectivity index (χ2n) is 10.2. The Morgan fingerprint density at radius 3 is 1.98 bits per heavy atom. The maximum absolute atomic E-state index is 13.5. The van der Waals surface area contributed by atoms with Crippen molar-refractivity contribution in [1.29, 1.82) is 0 Å². The normalized spacial score (nSPS) is 11.8. The first-order chi connectivity index (χ1) is 21.7. The first-order valence-corrected chi connectivity index (χ1v) is 14.4. The molecule has 0 radical (unpaired) electrons. The van der Waals surface area contributed by atoms with Gasteiger partial charge in [-0.1, -0.05) is 66.7 Å². The third-order valence-corrected chi connectivity index (χ3v) is 6.81. The van der Waals surface area contributed by atoms with Gasteiger partial charge in [0.1, 0.15) is 23.4 Å². The molecule has 0 fully saturated rings. The molecular formula is C33H37N3O9. The zero-order chi connectivity index (χ0) is 32.6. The van der Waals surface area contributed by atoms with E-state index >= 15 is 0 Å². The number of aryl methyl sites for hydroxylation is 1. The van der Waals surface area contributed by atoms with Crippen LogP contribution in [0.15, 0.2) is 78.9 Å². The molecule has 12 heteroatoms. The fourth-order valence-corrected chi connectivity index (χ4v) is 4.55. The van der Waals surface area contributed by atoms with E-state index in [1.54, 1.807) is 24.3 Å². The minimum Gasteiger partial charge on any atom is -0.481 e. The number of unbranched alkanes of at least 4 members (excludes halogenated alkanes) is 1. The maximum atomic E-state index is 13.5. The number of methoxy groups -OCH3 is 1. The molecule has 238 valence electrons. The third kappa shape index (κ3) is 11.7. The number of benzene rings is 3. The average Bonchev–Trinajstić information content (AvgIpc) is 3.03. The zero-order valence-electron chi connectivity index (χ0n) is 24.9. The minimum absolute atomic E-state index is 0.0998. The van der Waals surface area contributed by atoms with E-state index < -0.39 is 48.5 Å². The molecule has 0 aliphatic heterocycles. The number of aromatic carboxylic acids is 1. The number of carboxylic acid groups (broad SMARTS) is 2. The van der Waals surface area contributed by atoms with E-state index in [0.717, 1.165) is 18.4 Å². The second kappa shape index (κ2) is 17.7. The summed E-state index contributed by atoms with van der Waals surface area (Å²) in [5, 5.41) is 26.6. The predicted molar refractivity (Wildman–Crippen MR) is 164 cm³/mol. The first kappa shape index (κ1) is 34.1. The summed E-state index contributed by atoms with van der Waals surface area (Å²) in [6.45, 7) is -0.394. The van der Waals surface area contributed by atoms with Crippen LogP contribution in [0.25, 0.3) is 0 Å². The quantitative estimate of drug-likeness (QED) is 0.142. The average molecular weight is 620 g/mol. The van der Waals surface area contributed by atoms with Gasteiger partial charge in [-0.3, -0.25) is 9.59 Å². The predicted octanol–water partition coefficient (Wildman–Crippen LogP) is 2.98. The molecule has 5 N–H and O–H groups in total. The van der Waals surface area contributed by atoms with E-state index in [0.29, 0.717) is 18.5 Å². The minimum atomic E-state index is -1.36. The number of hydrogen-bond acceptors (Lipinski definition) is 7. The van der Waals surface area contributed by atoms with Crippen molar-refractivity contribution >= 4 is 29.8 Å². The number of ether oxygens (including phenoxy) is 2. The van der Waals surface area contributed by atoms with Crippen LogP contribution < -0.4 is 20.7 Å². The van der Waals surface area contributed by atoms with Gasteiger partial charge in [0.25, 0.3) is 0 Å². The number of carbonyl (C=O) groups excluding carboxylic acids is 3. The van der Waals surface area contributed by atoms with Gasteiger partial charge < -0.3 is 35.6 Å². The van der Waals surface area contributed by atoms with Crippen molar-refractivity contribution in [2.75, 3.05) is 20.3 Å². The number of hydrogen-bond donors (Lipinski definition) is 5. The van der Waals surface area contributed by atoms with Crippen LogP contribution in [0.3, 0.4) is 0 Å². The number of nitrogens with one attached hydrogen (secondary N) is 3. The Hall–Kier alpha value is -5.39. The number of carboxylic acids is 2. The van der Waals surface area contributed by atoms with Crippen molar-refractivity contribution in [3.05, 3.63) is 101 Å². The Balaban J connectivity index is 1.78.